The van der Waals surface area contributed by atoms with E-state index in [1.54, 1.807) is 0 Å². The van der Waals surface area contributed by atoms with E-state index < -0.39 is 0 Å². The van der Waals surface area contributed by atoms with Gasteiger partial charge in [0.1, 0.15) is 7.85 Å². The van der Waals surface area contributed by atoms with Crippen molar-refractivity contribution in [2.75, 3.05) is 6.54 Å². The van der Waals surface area contributed by atoms with E-state index in [1.807, 2.05) is 0 Å². The maximum atomic E-state index is 5.95. The smallest absolute Gasteiger partial charge is 0.141 e. The molecule has 2 aliphatic heterocycles. The Balaban J connectivity index is 2.24. The monoisotopic (exact) mass is 153 g/mol. The summed E-state index contributed by atoms with van der Waals surface area (Å²) in [6.45, 7) is 5.58. The summed E-state index contributed by atoms with van der Waals surface area (Å²) < 4.78 is 5.95. The minimum atomic E-state index is 0.171. The zero-order valence-corrected chi connectivity index (χ0v) is 7.55. The zero-order valence-electron chi connectivity index (χ0n) is 7.55. The summed E-state index contributed by atoms with van der Waals surface area (Å²) in [6, 6.07) is 1.02. The van der Waals surface area contributed by atoms with E-state index >= 15 is 0 Å². The van der Waals surface area contributed by atoms with E-state index in [4.69, 9.17) is 4.74 Å². The first kappa shape index (κ1) is 7.62. The van der Waals surface area contributed by atoms with Crippen LogP contribution in [0.25, 0.3) is 0 Å². The highest BCUT2D eigenvalue weighted by Crippen LogP contribution is 2.41. The number of rotatable bonds is 1. The number of morpholine rings is 1. The van der Waals surface area contributed by atoms with Gasteiger partial charge in [0.15, 0.2) is 0 Å². The van der Waals surface area contributed by atoms with Crippen LogP contribution in [0.3, 0.4) is 0 Å². The van der Waals surface area contributed by atoms with Gasteiger partial charge in [0, 0.05) is 24.5 Å². The molecule has 4 atom stereocenters. The van der Waals surface area contributed by atoms with Gasteiger partial charge in [0.05, 0.1) is 5.60 Å². The summed E-state index contributed by atoms with van der Waals surface area (Å²) in [5.41, 5.74) is 0.171. The van der Waals surface area contributed by atoms with Gasteiger partial charge in [-0.2, -0.15) is 0 Å². The van der Waals surface area contributed by atoms with Crippen LogP contribution < -0.4 is 5.32 Å². The summed E-state index contributed by atoms with van der Waals surface area (Å²) in [7, 11) is 2.17. The highest BCUT2D eigenvalue weighted by atomic mass is 16.5. The van der Waals surface area contributed by atoms with Crippen molar-refractivity contribution in [3.8, 4) is 0 Å². The standard InChI is InChI=1S/C8H16BNO/c1-3-8-4-10-6(5(8)2)7(9)11-8/h5-7,10H,3-4,9H2,1-2H3/t5?,6?,7-,8+/m1/s1. The molecule has 0 aromatic carbocycles. The molecule has 62 valence electrons. The van der Waals surface area contributed by atoms with E-state index in [0.717, 1.165) is 13.0 Å². The second kappa shape index (κ2) is 2.24. The molecule has 2 fully saturated rings. The molecule has 11 heavy (non-hydrogen) atoms. The van der Waals surface area contributed by atoms with Crippen LogP contribution in [0.4, 0.5) is 0 Å². The van der Waals surface area contributed by atoms with E-state index in [0.29, 0.717) is 18.0 Å². The van der Waals surface area contributed by atoms with Gasteiger partial charge >= 0.3 is 0 Å². The summed E-state index contributed by atoms with van der Waals surface area (Å²) in [4.78, 5) is 0. The minimum absolute atomic E-state index is 0.171. The summed E-state index contributed by atoms with van der Waals surface area (Å²) in [6.07, 6.45) is 1.14. The first-order valence-corrected chi connectivity index (χ1v) is 4.61. The number of ether oxygens (including phenoxy) is 1. The van der Waals surface area contributed by atoms with Crippen LogP contribution in [-0.4, -0.2) is 32.0 Å². The van der Waals surface area contributed by atoms with E-state index in [1.165, 1.54) is 0 Å². The van der Waals surface area contributed by atoms with Crippen LogP contribution in [0, 0.1) is 5.92 Å². The quantitative estimate of drug-likeness (QED) is 0.523. The van der Waals surface area contributed by atoms with Gasteiger partial charge in [-0.15, -0.1) is 0 Å². The maximum absolute atomic E-state index is 5.95. The fraction of sp³-hybridized carbons (Fsp3) is 1.00. The summed E-state index contributed by atoms with van der Waals surface area (Å²) >= 11 is 0. The summed E-state index contributed by atoms with van der Waals surface area (Å²) in [5, 5.41) is 3.52. The number of hydrogen-bond acceptors (Lipinski definition) is 2. The third-order valence-electron chi connectivity index (χ3n) is 3.53. The molecule has 0 aromatic heterocycles. The Kier molecular flexibility index (Phi) is 1.55. The molecule has 0 aliphatic carbocycles. The van der Waals surface area contributed by atoms with Crippen molar-refractivity contribution in [2.45, 2.75) is 37.9 Å². The predicted octanol–water partition coefficient (Wildman–Crippen LogP) is -0.268. The van der Waals surface area contributed by atoms with Gasteiger partial charge in [0.2, 0.25) is 0 Å². The van der Waals surface area contributed by atoms with Crippen LogP contribution in [-0.2, 0) is 4.74 Å². The highest BCUT2D eigenvalue weighted by Gasteiger charge is 2.54. The molecule has 0 saturated carbocycles. The van der Waals surface area contributed by atoms with Crippen LogP contribution in [0.5, 0.6) is 0 Å². The second-order valence-corrected chi connectivity index (χ2v) is 3.94. The highest BCUT2D eigenvalue weighted by molar-refractivity contribution is 6.11. The average molecular weight is 153 g/mol. The molecule has 1 N–H and O–H groups in total. The lowest BCUT2D eigenvalue weighted by Crippen LogP contribution is -2.44. The summed E-state index contributed by atoms with van der Waals surface area (Å²) in [5.74, 6) is 0.697. The fourth-order valence-electron chi connectivity index (χ4n) is 2.65. The largest absolute Gasteiger partial charge is 0.378 e. The molecule has 2 saturated heterocycles. The van der Waals surface area contributed by atoms with Gasteiger partial charge in [-0.1, -0.05) is 13.8 Å². The van der Waals surface area contributed by atoms with Crippen molar-refractivity contribution in [1.82, 2.24) is 5.32 Å². The number of hydrogen-bond donors (Lipinski definition) is 1. The van der Waals surface area contributed by atoms with Gasteiger partial charge in [0.25, 0.3) is 0 Å². The van der Waals surface area contributed by atoms with Crippen molar-refractivity contribution in [1.29, 1.82) is 0 Å². The molecule has 2 heterocycles. The molecule has 0 spiro atoms. The lowest BCUT2D eigenvalue weighted by atomic mass is 9.84. The Morgan fingerprint density at radius 1 is 1.73 bits per heavy atom. The first-order valence-electron chi connectivity index (χ1n) is 4.61. The molecule has 0 aromatic rings. The second-order valence-electron chi connectivity index (χ2n) is 3.94. The molecule has 2 unspecified atom stereocenters. The van der Waals surface area contributed by atoms with Crippen molar-refractivity contribution in [2.24, 2.45) is 5.92 Å². The van der Waals surface area contributed by atoms with Crippen molar-refractivity contribution in [3.05, 3.63) is 0 Å². The normalized spacial score (nSPS) is 55.3. The van der Waals surface area contributed by atoms with Crippen LogP contribution in [0.15, 0.2) is 0 Å². The average Bonchev–Trinajstić information content (AvgIpc) is 2.42. The Hall–Kier alpha value is -0.0151. The SMILES string of the molecule is B[C@@H]1O[C@@]2(CC)CNC1C2C. The van der Waals surface area contributed by atoms with Crippen molar-refractivity contribution >= 4 is 7.85 Å². The fourth-order valence-corrected chi connectivity index (χ4v) is 2.65. The molecular formula is C8H16BNO. The molecule has 0 radical (unpaired) electrons. The van der Waals surface area contributed by atoms with E-state index in [9.17, 15) is 0 Å². The topological polar surface area (TPSA) is 21.3 Å². The van der Waals surface area contributed by atoms with Crippen LogP contribution in [0.2, 0.25) is 0 Å². The lowest BCUT2D eigenvalue weighted by Gasteiger charge is -2.29. The Bertz CT molecular complexity index is 175. The molecule has 3 heteroatoms. The first-order chi connectivity index (χ1) is 5.19. The van der Waals surface area contributed by atoms with Crippen LogP contribution in [0.1, 0.15) is 20.3 Å². The third kappa shape index (κ3) is 0.813. The molecule has 2 aliphatic rings. The predicted molar refractivity (Wildman–Crippen MR) is 47.4 cm³/mol. The van der Waals surface area contributed by atoms with Crippen LogP contribution >= 0.6 is 0 Å². The third-order valence-corrected chi connectivity index (χ3v) is 3.53. The van der Waals surface area contributed by atoms with Crippen molar-refractivity contribution < 1.29 is 4.74 Å². The maximum Gasteiger partial charge on any atom is 0.141 e. The zero-order chi connectivity index (χ0) is 8.06. The van der Waals surface area contributed by atoms with Gasteiger partial charge in [-0.05, 0) is 6.42 Å². The van der Waals surface area contributed by atoms with Gasteiger partial charge in [-0.25, -0.2) is 0 Å². The molecule has 2 nitrogen and oxygen atoms in total. The Labute approximate surface area is 69.1 Å². The minimum Gasteiger partial charge on any atom is -0.378 e. The molecule has 0 amide bonds. The Morgan fingerprint density at radius 2 is 2.45 bits per heavy atom. The van der Waals surface area contributed by atoms with E-state index in [-0.39, 0.29) is 5.60 Å². The number of fused-ring (bicyclic) bond motifs is 2. The van der Waals surface area contributed by atoms with Gasteiger partial charge in [-0.3, -0.25) is 0 Å². The van der Waals surface area contributed by atoms with E-state index in [2.05, 4.69) is 27.0 Å². The van der Waals surface area contributed by atoms with Gasteiger partial charge < -0.3 is 10.1 Å². The molecule has 2 rings (SSSR count). The van der Waals surface area contributed by atoms with Crippen molar-refractivity contribution in [3.63, 3.8) is 0 Å². The number of nitrogens with one attached hydrogen (secondary N) is 1. The molecule has 2 bridgehead atoms. The molecular weight excluding hydrogens is 137 g/mol. The Morgan fingerprint density at radius 3 is 2.73 bits per heavy atom. The lowest BCUT2D eigenvalue weighted by molar-refractivity contribution is -0.0388.